The van der Waals surface area contributed by atoms with Gasteiger partial charge < -0.3 is 14.7 Å². The predicted octanol–water partition coefficient (Wildman–Crippen LogP) is 4.16. The fourth-order valence-electron chi connectivity index (χ4n) is 3.23. The number of hydrogen-bond acceptors (Lipinski definition) is 5. The van der Waals surface area contributed by atoms with Crippen molar-refractivity contribution in [2.45, 2.75) is 17.4 Å². The molecule has 0 saturated carbocycles. The van der Waals surface area contributed by atoms with Crippen LogP contribution in [0.2, 0.25) is 10.0 Å². The van der Waals surface area contributed by atoms with Gasteiger partial charge in [-0.2, -0.15) is 0 Å². The molecule has 6 nitrogen and oxygen atoms in total. The largest absolute Gasteiger partial charge is 0.502 e. The van der Waals surface area contributed by atoms with Crippen molar-refractivity contribution in [2.75, 3.05) is 20.3 Å². The van der Waals surface area contributed by atoms with Crippen LogP contribution in [0.4, 0.5) is 0 Å². The summed E-state index contributed by atoms with van der Waals surface area (Å²) >= 11 is 11.8. The summed E-state index contributed by atoms with van der Waals surface area (Å²) < 4.78 is 31.7. The molecule has 0 spiro atoms. The van der Waals surface area contributed by atoms with Gasteiger partial charge in [0.25, 0.3) is 5.91 Å². The first-order valence-electron chi connectivity index (χ1n) is 8.76. The first-order chi connectivity index (χ1) is 13.8. The number of ether oxygens (including phenoxy) is 1. The molecule has 2 aromatic rings. The van der Waals surface area contributed by atoms with E-state index in [0.29, 0.717) is 28.6 Å². The molecule has 0 fully saturated rings. The molecule has 0 bridgehead atoms. The first-order valence-corrected chi connectivity index (χ1v) is 11.0. The smallest absolute Gasteiger partial charge is 0.290 e. The van der Waals surface area contributed by atoms with Gasteiger partial charge in [-0.15, -0.1) is 0 Å². The molecular weight excluding hydrogens is 437 g/mol. The van der Waals surface area contributed by atoms with E-state index in [1.807, 2.05) is 0 Å². The van der Waals surface area contributed by atoms with Gasteiger partial charge in [0.2, 0.25) is 9.84 Å². The van der Waals surface area contributed by atoms with E-state index >= 15 is 0 Å². The molecule has 1 N–H and O–H groups in total. The number of rotatable bonds is 7. The third-order valence-corrected chi connectivity index (χ3v) is 7.00. The summed E-state index contributed by atoms with van der Waals surface area (Å²) in [6, 6.07) is 11.1. The summed E-state index contributed by atoms with van der Waals surface area (Å²) in [5.41, 5.74) is 0.525. The molecule has 0 radical (unpaired) electrons. The number of halogens is 2. The van der Waals surface area contributed by atoms with Crippen molar-refractivity contribution in [1.29, 1.82) is 0 Å². The zero-order valence-electron chi connectivity index (χ0n) is 15.5. The second kappa shape index (κ2) is 8.75. The lowest BCUT2D eigenvalue weighted by molar-refractivity contribution is -0.129. The number of nitrogens with zero attached hydrogens (tertiary/aromatic N) is 1. The van der Waals surface area contributed by atoms with Crippen LogP contribution < -0.4 is 0 Å². The highest BCUT2D eigenvalue weighted by molar-refractivity contribution is 7.95. The third-order valence-electron chi connectivity index (χ3n) is 4.60. The maximum Gasteiger partial charge on any atom is 0.290 e. The van der Waals surface area contributed by atoms with E-state index in [4.69, 9.17) is 27.9 Å². The van der Waals surface area contributed by atoms with Crippen molar-refractivity contribution in [3.05, 3.63) is 74.8 Å². The van der Waals surface area contributed by atoms with E-state index in [1.54, 1.807) is 24.3 Å². The predicted molar refractivity (Wildman–Crippen MR) is 111 cm³/mol. The maximum atomic E-state index is 13.3. The fraction of sp³-hybridized carbons (Fsp3) is 0.250. The number of sulfone groups is 1. The van der Waals surface area contributed by atoms with Crippen LogP contribution in [0.1, 0.15) is 18.0 Å². The summed E-state index contributed by atoms with van der Waals surface area (Å²) in [5.74, 6) is -1.52. The molecule has 1 atom stereocenters. The standard InChI is InChI=1S/C20H19Cl2NO5S/c1-28-12-2-11-23-17(13-3-5-14(21)6-4-13)19(18(24)20(23)25)29(26,27)16-9-7-15(22)8-10-16/h3-10,17,24H,2,11-12H2,1H3/t17-/m0/s1. The molecule has 9 heteroatoms. The summed E-state index contributed by atoms with van der Waals surface area (Å²) in [6.45, 7) is 0.598. The molecule has 1 aliphatic rings. The summed E-state index contributed by atoms with van der Waals surface area (Å²) in [6.07, 6.45) is 0.480. The Hall–Kier alpha value is -2.06. The van der Waals surface area contributed by atoms with Gasteiger partial charge in [-0.3, -0.25) is 4.79 Å². The molecular formula is C20H19Cl2NO5S. The Labute approximate surface area is 179 Å². The van der Waals surface area contributed by atoms with Crippen LogP contribution in [-0.4, -0.2) is 44.6 Å². The molecule has 2 aromatic carbocycles. The van der Waals surface area contributed by atoms with Crippen LogP contribution >= 0.6 is 23.2 Å². The SMILES string of the molecule is COCCCN1C(=O)C(O)=C(S(=O)(=O)c2ccc(Cl)cc2)[C@@H]1c1ccc(Cl)cc1. The minimum Gasteiger partial charge on any atom is -0.502 e. The van der Waals surface area contributed by atoms with Crippen LogP contribution in [0.15, 0.2) is 64.1 Å². The number of methoxy groups -OCH3 is 1. The third kappa shape index (κ3) is 4.28. The monoisotopic (exact) mass is 455 g/mol. The van der Waals surface area contributed by atoms with Crippen molar-refractivity contribution in [1.82, 2.24) is 4.90 Å². The van der Waals surface area contributed by atoms with E-state index in [-0.39, 0.29) is 16.3 Å². The Bertz CT molecular complexity index is 1030. The summed E-state index contributed by atoms with van der Waals surface area (Å²) in [5, 5.41) is 11.4. The quantitative estimate of drug-likeness (QED) is 0.633. The van der Waals surface area contributed by atoms with E-state index < -0.39 is 27.5 Å². The molecule has 0 aliphatic carbocycles. The zero-order valence-corrected chi connectivity index (χ0v) is 17.8. The Balaban J connectivity index is 2.12. The second-order valence-corrected chi connectivity index (χ2v) is 9.26. The topological polar surface area (TPSA) is 83.9 Å². The molecule has 154 valence electrons. The van der Waals surface area contributed by atoms with Gasteiger partial charge in [-0.1, -0.05) is 35.3 Å². The Morgan fingerprint density at radius 2 is 1.59 bits per heavy atom. The van der Waals surface area contributed by atoms with Crippen LogP contribution in [-0.2, 0) is 19.4 Å². The van der Waals surface area contributed by atoms with Crippen LogP contribution in [0, 0.1) is 0 Å². The van der Waals surface area contributed by atoms with Gasteiger partial charge in [-0.25, -0.2) is 8.42 Å². The molecule has 1 amide bonds. The number of carbonyl (C=O) groups is 1. The van der Waals surface area contributed by atoms with Gasteiger partial charge in [0.15, 0.2) is 5.76 Å². The van der Waals surface area contributed by atoms with Crippen molar-refractivity contribution in [3.63, 3.8) is 0 Å². The molecule has 0 saturated heterocycles. The number of benzene rings is 2. The lowest BCUT2D eigenvalue weighted by Crippen LogP contribution is -2.32. The van der Waals surface area contributed by atoms with Gasteiger partial charge in [0.1, 0.15) is 4.91 Å². The molecule has 0 unspecified atom stereocenters. The normalized spacial score (nSPS) is 17.3. The van der Waals surface area contributed by atoms with E-state index in [9.17, 15) is 18.3 Å². The molecule has 3 rings (SSSR count). The maximum absolute atomic E-state index is 13.3. The summed E-state index contributed by atoms with van der Waals surface area (Å²) in [7, 11) is -2.63. The Kier molecular flexibility index (Phi) is 6.53. The van der Waals surface area contributed by atoms with E-state index in [0.717, 1.165) is 0 Å². The van der Waals surface area contributed by atoms with Crippen LogP contribution in [0.3, 0.4) is 0 Å². The number of amides is 1. The van der Waals surface area contributed by atoms with Crippen molar-refractivity contribution < 1.29 is 23.1 Å². The van der Waals surface area contributed by atoms with E-state index in [2.05, 4.69) is 0 Å². The zero-order chi connectivity index (χ0) is 21.2. The molecule has 29 heavy (non-hydrogen) atoms. The molecule has 0 aromatic heterocycles. The van der Waals surface area contributed by atoms with Gasteiger partial charge in [-0.05, 0) is 48.4 Å². The van der Waals surface area contributed by atoms with Crippen molar-refractivity contribution in [3.8, 4) is 0 Å². The van der Waals surface area contributed by atoms with Gasteiger partial charge in [0, 0.05) is 30.3 Å². The lowest BCUT2D eigenvalue weighted by atomic mass is 10.1. The highest BCUT2D eigenvalue weighted by Gasteiger charge is 2.46. The molecule has 1 heterocycles. The van der Waals surface area contributed by atoms with Gasteiger partial charge >= 0.3 is 0 Å². The highest BCUT2D eigenvalue weighted by atomic mass is 35.5. The minimum atomic E-state index is -4.16. The lowest BCUT2D eigenvalue weighted by Gasteiger charge is -2.27. The number of hydrogen-bond donors (Lipinski definition) is 1. The second-order valence-electron chi connectivity index (χ2n) is 6.47. The number of carbonyl (C=O) groups excluding carboxylic acids is 1. The number of aliphatic hydroxyl groups is 1. The average molecular weight is 456 g/mol. The van der Waals surface area contributed by atoms with Gasteiger partial charge in [0.05, 0.1) is 10.9 Å². The van der Waals surface area contributed by atoms with Crippen molar-refractivity contribution >= 4 is 38.9 Å². The first kappa shape index (κ1) is 21.6. The number of aliphatic hydroxyl groups excluding tert-OH is 1. The molecule has 1 aliphatic heterocycles. The summed E-state index contributed by atoms with van der Waals surface area (Å²) in [4.78, 5) is 13.7. The Morgan fingerprint density at radius 1 is 1.03 bits per heavy atom. The Morgan fingerprint density at radius 3 is 2.14 bits per heavy atom. The van der Waals surface area contributed by atoms with E-state index in [1.165, 1.54) is 36.3 Å². The van der Waals surface area contributed by atoms with Crippen LogP contribution in [0.25, 0.3) is 0 Å². The van der Waals surface area contributed by atoms with Crippen molar-refractivity contribution in [2.24, 2.45) is 0 Å². The average Bonchev–Trinajstić information content (AvgIpc) is 2.94. The fourth-order valence-corrected chi connectivity index (χ4v) is 5.13. The highest BCUT2D eigenvalue weighted by Crippen LogP contribution is 2.42. The minimum absolute atomic E-state index is 0.0612. The van der Waals surface area contributed by atoms with Crippen LogP contribution in [0.5, 0.6) is 0 Å².